The number of methoxy groups -OCH3 is 1. The summed E-state index contributed by atoms with van der Waals surface area (Å²) in [6, 6.07) is 4.63. The highest BCUT2D eigenvalue weighted by molar-refractivity contribution is 6.03. The molecule has 0 aliphatic heterocycles. The van der Waals surface area contributed by atoms with Gasteiger partial charge in [0.15, 0.2) is 11.4 Å². The predicted molar refractivity (Wildman–Crippen MR) is 64.6 cm³/mol. The molecule has 0 unspecified atom stereocenters. The number of nitrogens with one attached hydrogen (secondary N) is 2. The fourth-order valence-electron chi connectivity index (χ4n) is 1.40. The van der Waals surface area contributed by atoms with Crippen LogP contribution in [0.15, 0.2) is 18.2 Å². The minimum absolute atomic E-state index is 0.108. The van der Waals surface area contributed by atoms with Crippen LogP contribution in [0.1, 0.15) is 26.7 Å². The lowest BCUT2D eigenvalue weighted by Crippen LogP contribution is -2.16. The maximum Gasteiger partial charge on any atom is 0.356 e. The summed E-state index contributed by atoms with van der Waals surface area (Å²) in [6.07, 6.45) is 0. The molecule has 0 atom stereocenters. The average Bonchev–Trinajstić information content (AvgIpc) is 2.84. The second kappa shape index (κ2) is 5.25. The third kappa shape index (κ3) is 2.73. The molecule has 8 nitrogen and oxygen atoms in total. The van der Waals surface area contributed by atoms with E-state index in [9.17, 15) is 9.59 Å². The van der Waals surface area contributed by atoms with Crippen LogP contribution >= 0.6 is 0 Å². The van der Waals surface area contributed by atoms with E-state index in [1.807, 2.05) is 0 Å². The van der Waals surface area contributed by atoms with Crippen molar-refractivity contribution in [3.05, 3.63) is 35.3 Å². The number of H-pyrrole nitrogens is 1. The average molecular weight is 261 g/mol. The number of hydrogen-bond acceptors (Lipinski definition) is 6. The molecule has 19 heavy (non-hydrogen) atoms. The molecule has 1 amide bonds. The highest BCUT2D eigenvalue weighted by atomic mass is 16.5. The zero-order chi connectivity index (χ0) is 13.8. The van der Waals surface area contributed by atoms with E-state index in [2.05, 4.69) is 30.4 Å². The summed E-state index contributed by atoms with van der Waals surface area (Å²) in [7, 11) is 1.26. The summed E-state index contributed by atoms with van der Waals surface area (Å²) in [6.45, 7) is 1.65. The van der Waals surface area contributed by atoms with E-state index in [4.69, 9.17) is 0 Å². The predicted octanol–water partition coefficient (Wildman–Crippen LogP) is 0.547. The Balaban J connectivity index is 2.18. The van der Waals surface area contributed by atoms with Crippen molar-refractivity contribution in [2.24, 2.45) is 0 Å². The number of nitrogens with zero attached hydrogens (tertiary/aromatic N) is 3. The van der Waals surface area contributed by atoms with Crippen molar-refractivity contribution in [3.63, 3.8) is 0 Å². The Morgan fingerprint density at radius 1 is 1.32 bits per heavy atom. The molecule has 0 aliphatic rings. The van der Waals surface area contributed by atoms with E-state index in [1.165, 1.54) is 13.2 Å². The number of amides is 1. The Labute approximate surface area is 108 Å². The van der Waals surface area contributed by atoms with Crippen LogP contribution < -0.4 is 5.32 Å². The summed E-state index contributed by atoms with van der Waals surface area (Å²) >= 11 is 0. The summed E-state index contributed by atoms with van der Waals surface area (Å²) in [5, 5.41) is 12.3. The Morgan fingerprint density at radius 2 is 2.11 bits per heavy atom. The van der Waals surface area contributed by atoms with Crippen LogP contribution in [0.2, 0.25) is 0 Å². The topological polar surface area (TPSA) is 110 Å². The van der Waals surface area contributed by atoms with Crippen molar-refractivity contribution in [2.45, 2.75) is 6.92 Å². The number of carbonyl (C=O) groups excluding carboxylic acids is 2. The number of aryl methyl sites for hydroxylation is 1. The van der Waals surface area contributed by atoms with Crippen LogP contribution in [-0.4, -0.2) is 39.4 Å². The maximum atomic E-state index is 11.9. The van der Waals surface area contributed by atoms with Crippen molar-refractivity contribution in [1.29, 1.82) is 0 Å². The van der Waals surface area contributed by atoms with Crippen LogP contribution in [0.4, 0.5) is 5.82 Å². The highest BCUT2D eigenvalue weighted by Gasteiger charge is 2.15. The van der Waals surface area contributed by atoms with Gasteiger partial charge in [-0.3, -0.25) is 4.79 Å². The Hall–Kier alpha value is -2.77. The van der Waals surface area contributed by atoms with Gasteiger partial charge in [-0.1, -0.05) is 6.07 Å². The number of hydrogen-bond donors (Lipinski definition) is 2. The number of rotatable bonds is 3. The molecule has 2 N–H and O–H groups in total. The molecule has 2 rings (SSSR count). The van der Waals surface area contributed by atoms with E-state index >= 15 is 0 Å². The van der Waals surface area contributed by atoms with Gasteiger partial charge >= 0.3 is 5.97 Å². The zero-order valence-electron chi connectivity index (χ0n) is 10.3. The van der Waals surface area contributed by atoms with Gasteiger partial charge in [-0.05, 0) is 19.1 Å². The molecule has 2 aromatic rings. The molecule has 0 radical (unpaired) electrons. The fraction of sp³-hybridized carbons (Fsp3) is 0.182. The van der Waals surface area contributed by atoms with Gasteiger partial charge in [0.2, 0.25) is 0 Å². The van der Waals surface area contributed by atoms with E-state index in [-0.39, 0.29) is 17.2 Å². The normalized spacial score (nSPS) is 10.0. The molecular weight excluding hydrogens is 250 g/mol. The number of pyridine rings is 1. The van der Waals surface area contributed by atoms with Crippen LogP contribution in [-0.2, 0) is 4.74 Å². The first-order chi connectivity index (χ1) is 9.11. The van der Waals surface area contributed by atoms with E-state index < -0.39 is 11.9 Å². The molecule has 0 bridgehead atoms. The quantitative estimate of drug-likeness (QED) is 0.780. The molecule has 0 aromatic carbocycles. The first-order valence-electron chi connectivity index (χ1n) is 5.36. The molecule has 98 valence electrons. The van der Waals surface area contributed by atoms with Gasteiger partial charge in [0.25, 0.3) is 5.91 Å². The number of ether oxygens (including phenoxy) is 1. The van der Waals surface area contributed by atoms with Gasteiger partial charge in [0, 0.05) is 0 Å². The van der Waals surface area contributed by atoms with Crippen LogP contribution in [0.25, 0.3) is 0 Å². The lowest BCUT2D eigenvalue weighted by molar-refractivity contribution is 0.0594. The lowest BCUT2D eigenvalue weighted by Gasteiger charge is -2.04. The van der Waals surface area contributed by atoms with Crippen LogP contribution in [0.3, 0.4) is 0 Å². The SMILES string of the molecule is COC(=O)c1cccc(NC(=O)c2n[nH]nc2C)n1. The van der Waals surface area contributed by atoms with E-state index in [1.54, 1.807) is 19.1 Å². The Morgan fingerprint density at radius 3 is 2.74 bits per heavy atom. The Bertz CT molecular complexity index is 622. The van der Waals surface area contributed by atoms with Crippen molar-refractivity contribution >= 4 is 17.7 Å². The molecule has 0 saturated carbocycles. The molecule has 0 saturated heterocycles. The third-order valence-electron chi connectivity index (χ3n) is 2.32. The smallest absolute Gasteiger partial charge is 0.356 e. The lowest BCUT2D eigenvalue weighted by atomic mass is 10.3. The van der Waals surface area contributed by atoms with Gasteiger partial charge in [-0.25, -0.2) is 9.78 Å². The largest absolute Gasteiger partial charge is 0.464 e. The Kier molecular flexibility index (Phi) is 3.51. The molecule has 0 spiro atoms. The van der Waals surface area contributed by atoms with Crippen molar-refractivity contribution in [2.75, 3.05) is 12.4 Å². The van der Waals surface area contributed by atoms with Crippen LogP contribution in [0, 0.1) is 6.92 Å². The minimum atomic E-state index is -0.575. The van der Waals surface area contributed by atoms with Gasteiger partial charge in [-0.2, -0.15) is 15.4 Å². The van der Waals surface area contributed by atoms with Gasteiger partial charge in [0.1, 0.15) is 5.82 Å². The third-order valence-corrected chi connectivity index (χ3v) is 2.32. The first-order valence-corrected chi connectivity index (χ1v) is 5.36. The fourth-order valence-corrected chi connectivity index (χ4v) is 1.40. The standard InChI is InChI=1S/C11H11N5O3/c1-6-9(15-16-14-6)10(17)13-8-5-3-4-7(12-8)11(18)19-2/h3-5H,1-2H3,(H,12,13,17)(H,14,15,16). The molecule has 2 aromatic heterocycles. The molecule has 0 fully saturated rings. The summed E-state index contributed by atoms with van der Waals surface area (Å²) in [5.74, 6) is -0.801. The van der Waals surface area contributed by atoms with Crippen molar-refractivity contribution < 1.29 is 14.3 Å². The monoisotopic (exact) mass is 261 g/mol. The second-order valence-electron chi connectivity index (χ2n) is 3.61. The number of aromatic nitrogens is 4. The molecule has 0 aliphatic carbocycles. The van der Waals surface area contributed by atoms with Crippen LogP contribution in [0.5, 0.6) is 0 Å². The van der Waals surface area contributed by atoms with Gasteiger partial charge in [-0.15, -0.1) is 0 Å². The second-order valence-corrected chi connectivity index (χ2v) is 3.61. The van der Waals surface area contributed by atoms with E-state index in [0.29, 0.717) is 5.69 Å². The highest BCUT2D eigenvalue weighted by Crippen LogP contribution is 2.08. The van der Waals surface area contributed by atoms with Crippen molar-refractivity contribution in [3.8, 4) is 0 Å². The number of carbonyl (C=O) groups is 2. The van der Waals surface area contributed by atoms with Gasteiger partial charge in [0.05, 0.1) is 12.8 Å². The first kappa shape index (κ1) is 12.7. The number of aromatic amines is 1. The van der Waals surface area contributed by atoms with Crippen molar-refractivity contribution in [1.82, 2.24) is 20.4 Å². The van der Waals surface area contributed by atoms with E-state index in [0.717, 1.165) is 0 Å². The molecule has 8 heteroatoms. The number of esters is 1. The summed E-state index contributed by atoms with van der Waals surface area (Å²) in [5.41, 5.74) is 0.754. The summed E-state index contributed by atoms with van der Waals surface area (Å²) in [4.78, 5) is 27.1. The minimum Gasteiger partial charge on any atom is -0.464 e. The maximum absolute atomic E-state index is 11.9. The summed E-state index contributed by atoms with van der Waals surface area (Å²) < 4.78 is 4.55. The molecule has 2 heterocycles. The zero-order valence-corrected chi connectivity index (χ0v) is 10.3. The van der Waals surface area contributed by atoms with Gasteiger partial charge < -0.3 is 10.1 Å². The number of anilines is 1. The molecular formula is C11H11N5O3.